The maximum atomic E-state index is 13.1. The molecular formula is C22H23FO6. The largest absolute Gasteiger partial charge is 0.493 e. The fraction of sp³-hybridized carbons (Fsp3) is 0.273. The Labute approximate surface area is 168 Å². The van der Waals surface area contributed by atoms with Crippen LogP contribution in [0.3, 0.4) is 0 Å². The first kappa shape index (κ1) is 21.9. The third kappa shape index (κ3) is 6.34. The molecule has 0 heterocycles. The Morgan fingerprint density at radius 1 is 1.00 bits per heavy atom. The van der Waals surface area contributed by atoms with Crippen molar-refractivity contribution >= 4 is 18.0 Å². The summed E-state index contributed by atoms with van der Waals surface area (Å²) in [6, 6.07) is 10.6. The summed E-state index contributed by atoms with van der Waals surface area (Å²) in [6.07, 6.45) is 2.80. The Kier molecular flexibility index (Phi) is 8.21. The molecule has 2 aromatic carbocycles. The lowest BCUT2D eigenvalue weighted by Gasteiger charge is -2.15. The molecule has 0 aliphatic heterocycles. The second kappa shape index (κ2) is 10.8. The highest BCUT2D eigenvalue weighted by Crippen LogP contribution is 2.28. The van der Waals surface area contributed by atoms with Crippen LogP contribution >= 0.6 is 0 Å². The molecular weight excluding hydrogens is 379 g/mol. The summed E-state index contributed by atoms with van der Waals surface area (Å²) in [5.74, 6) is -1.34. The van der Waals surface area contributed by atoms with Crippen LogP contribution in [0.1, 0.15) is 24.0 Å². The molecule has 0 saturated heterocycles. The predicted octanol–water partition coefficient (Wildman–Crippen LogP) is 3.75. The Bertz CT molecular complexity index is 860. The monoisotopic (exact) mass is 402 g/mol. The van der Waals surface area contributed by atoms with E-state index < -0.39 is 23.7 Å². The average molecular weight is 402 g/mol. The smallest absolute Gasteiger partial charge is 0.330 e. The molecule has 154 valence electrons. The number of carbonyl (C=O) groups excluding carboxylic acids is 2. The van der Waals surface area contributed by atoms with Crippen molar-refractivity contribution in [2.75, 3.05) is 27.4 Å². The SMILES string of the molecule is CCOC(=O)C(COC(=O)/C=C/c1ccc(OC)c(OC)c1)c1ccc(F)cc1. The van der Waals surface area contributed by atoms with Crippen LogP contribution in [0, 0.1) is 5.82 Å². The number of hydrogen-bond donors (Lipinski definition) is 0. The third-order valence-electron chi connectivity index (χ3n) is 4.06. The Morgan fingerprint density at radius 3 is 2.31 bits per heavy atom. The first-order valence-electron chi connectivity index (χ1n) is 8.97. The van der Waals surface area contributed by atoms with E-state index in [4.69, 9.17) is 18.9 Å². The Morgan fingerprint density at radius 2 is 1.69 bits per heavy atom. The molecule has 0 radical (unpaired) electrons. The molecule has 0 saturated carbocycles. The molecule has 0 aromatic heterocycles. The van der Waals surface area contributed by atoms with Gasteiger partial charge in [0.05, 0.1) is 20.8 Å². The van der Waals surface area contributed by atoms with Crippen molar-refractivity contribution in [2.45, 2.75) is 12.8 Å². The number of rotatable bonds is 9. The van der Waals surface area contributed by atoms with Gasteiger partial charge in [-0.25, -0.2) is 9.18 Å². The van der Waals surface area contributed by atoms with Gasteiger partial charge in [0.2, 0.25) is 0 Å². The molecule has 1 unspecified atom stereocenters. The summed E-state index contributed by atoms with van der Waals surface area (Å²) in [5.41, 5.74) is 1.21. The number of benzene rings is 2. The first-order chi connectivity index (χ1) is 14.0. The highest BCUT2D eigenvalue weighted by molar-refractivity contribution is 5.87. The zero-order valence-corrected chi connectivity index (χ0v) is 16.5. The van der Waals surface area contributed by atoms with Crippen LogP contribution in [0.5, 0.6) is 11.5 Å². The average Bonchev–Trinajstić information content (AvgIpc) is 2.73. The molecule has 0 amide bonds. The molecule has 0 aliphatic rings. The minimum atomic E-state index is -0.839. The second-order valence-corrected chi connectivity index (χ2v) is 5.93. The van der Waals surface area contributed by atoms with Gasteiger partial charge in [0, 0.05) is 6.08 Å². The highest BCUT2D eigenvalue weighted by Gasteiger charge is 2.23. The summed E-state index contributed by atoms with van der Waals surface area (Å²) in [6.45, 7) is 1.64. The zero-order valence-electron chi connectivity index (χ0n) is 16.5. The van der Waals surface area contributed by atoms with Crippen molar-refractivity contribution in [1.82, 2.24) is 0 Å². The van der Waals surface area contributed by atoms with Gasteiger partial charge in [-0.3, -0.25) is 4.79 Å². The maximum absolute atomic E-state index is 13.1. The van der Waals surface area contributed by atoms with Crippen molar-refractivity contribution in [3.8, 4) is 11.5 Å². The van der Waals surface area contributed by atoms with Gasteiger partial charge >= 0.3 is 11.9 Å². The second-order valence-electron chi connectivity index (χ2n) is 5.93. The molecule has 2 aromatic rings. The number of hydrogen-bond acceptors (Lipinski definition) is 6. The highest BCUT2D eigenvalue weighted by atomic mass is 19.1. The molecule has 0 aliphatic carbocycles. The predicted molar refractivity (Wildman–Crippen MR) is 105 cm³/mol. The van der Waals surface area contributed by atoms with E-state index in [1.54, 1.807) is 31.2 Å². The Hall–Kier alpha value is -3.35. The van der Waals surface area contributed by atoms with Crippen LogP contribution < -0.4 is 9.47 Å². The lowest BCUT2D eigenvalue weighted by atomic mass is 10.0. The van der Waals surface area contributed by atoms with Gasteiger partial charge in [-0.05, 0) is 48.4 Å². The number of methoxy groups -OCH3 is 2. The first-order valence-corrected chi connectivity index (χ1v) is 8.97. The molecule has 0 fully saturated rings. The van der Waals surface area contributed by atoms with E-state index in [9.17, 15) is 14.0 Å². The molecule has 29 heavy (non-hydrogen) atoms. The van der Waals surface area contributed by atoms with Crippen LogP contribution in [0.4, 0.5) is 4.39 Å². The van der Waals surface area contributed by atoms with Crippen molar-refractivity contribution in [3.63, 3.8) is 0 Å². The molecule has 7 heteroatoms. The fourth-order valence-corrected chi connectivity index (χ4v) is 2.57. The minimum Gasteiger partial charge on any atom is -0.493 e. The number of halogens is 1. The van der Waals surface area contributed by atoms with Crippen molar-refractivity contribution < 1.29 is 32.9 Å². The van der Waals surface area contributed by atoms with E-state index in [1.807, 2.05) is 0 Å². The van der Waals surface area contributed by atoms with E-state index in [2.05, 4.69) is 0 Å². The normalized spacial score (nSPS) is 11.7. The van der Waals surface area contributed by atoms with Gasteiger partial charge in [-0.2, -0.15) is 0 Å². The molecule has 1 atom stereocenters. The number of carbonyl (C=O) groups is 2. The third-order valence-corrected chi connectivity index (χ3v) is 4.06. The molecule has 2 rings (SSSR count). The van der Waals surface area contributed by atoms with E-state index in [1.165, 1.54) is 44.6 Å². The van der Waals surface area contributed by atoms with Gasteiger partial charge in [0.1, 0.15) is 18.3 Å². The minimum absolute atomic E-state index is 0.184. The van der Waals surface area contributed by atoms with Crippen molar-refractivity contribution in [2.24, 2.45) is 0 Å². The Balaban J connectivity index is 2.04. The maximum Gasteiger partial charge on any atom is 0.330 e. The van der Waals surface area contributed by atoms with Crippen LogP contribution in [0.25, 0.3) is 6.08 Å². The van der Waals surface area contributed by atoms with E-state index in [0.29, 0.717) is 22.6 Å². The van der Waals surface area contributed by atoms with Crippen LogP contribution in [-0.4, -0.2) is 39.4 Å². The molecule has 0 bridgehead atoms. The summed E-state index contributed by atoms with van der Waals surface area (Å²) in [7, 11) is 3.05. The van der Waals surface area contributed by atoms with Gasteiger partial charge in [0.25, 0.3) is 0 Å². The fourth-order valence-electron chi connectivity index (χ4n) is 2.57. The van der Waals surface area contributed by atoms with E-state index in [-0.39, 0.29) is 13.2 Å². The summed E-state index contributed by atoms with van der Waals surface area (Å²) >= 11 is 0. The van der Waals surface area contributed by atoms with Crippen molar-refractivity contribution in [3.05, 3.63) is 65.5 Å². The number of esters is 2. The lowest BCUT2D eigenvalue weighted by Crippen LogP contribution is -2.22. The summed E-state index contributed by atoms with van der Waals surface area (Å²) < 4.78 is 33.8. The van der Waals surface area contributed by atoms with E-state index in [0.717, 1.165) is 0 Å². The topological polar surface area (TPSA) is 71.1 Å². The molecule has 6 nitrogen and oxygen atoms in total. The quantitative estimate of drug-likeness (QED) is 0.470. The number of ether oxygens (including phenoxy) is 4. The van der Waals surface area contributed by atoms with Crippen LogP contribution in [0.2, 0.25) is 0 Å². The summed E-state index contributed by atoms with van der Waals surface area (Å²) in [4.78, 5) is 24.3. The van der Waals surface area contributed by atoms with Gasteiger partial charge in [-0.15, -0.1) is 0 Å². The van der Waals surface area contributed by atoms with Crippen molar-refractivity contribution in [1.29, 1.82) is 0 Å². The van der Waals surface area contributed by atoms with Gasteiger partial charge in [0.15, 0.2) is 11.5 Å². The van der Waals surface area contributed by atoms with Gasteiger partial charge in [-0.1, -0.05) is 18.2 Å². The summed E-state index contributed by atoms with van der Waals surface area (Å²) in [5, 5.41) is 0. The van der Waals surface area contributed by atoms with E-state index >= 15 is 0 Å². The van der Waals surface area contributed by atoms with Crippen LogP contribution in [0.15, 0.2) is 48.5 Å². The molecule has 0 N–H and O–H groups in total. The molecule has 0 spiro atoms. The lowest BCUT2D eigenvalue weighted by molar-refractivity contribution is -0.149. The standard InChI is InChI=1S/C22H23FO6/c1-4-28-22(25)18(16-7-9-17(23)10-8-16)14-29-21(24)12-6-15-5-11-19(26-2)20(13-15)27-3/h5-13,18H,4,14H2,1-3H3/b12-6+. The zero-order chi connectivity index (χ0) is 21.2. The van der Waals surface area contributed by atoms with Crippen LogP contribution in [-0.2, 0) is 19.1 Å². The van der Waals surface area contributed by atoms with Gasteiger partial charge < -0.3 is 18.9 Å².